The van der Waals surface area contributed by atoms with Crippen LogP contribution in [0.4, 0.5) is 18.0 Å². The highest BCUT2D eigenvalue weighted by Gasteiger charge is 2.40. The molecule has 182 valence electrons. The van der Waals surface area contributed by atoms with E-state index < -0.39 is 11.7 Å². The lowest BCUT2D eigenvalue weighted by molar-refractivity contribution is -0.138. The molecule has 0 spiro atoms. The molecule has 0 bridgehead atoms. The van der Waals surface area contributed by atoms with E-state index in [0.717, 1.165) is 43.8 Å². The lowest BCUT2D eigenvalue weighted by Gasteiger charge is -2.29. The van der Waals surface area contributed by atoms with E-state index in [1.807, 2.05) is 0 Å². The van der Waals surface area contributed by atoms with Crippen molar-refractivity contribution in [3.8, 4) is 0 Å². The molecule has 6 nitrogen and oxygen atoms in total. The van der Waals surface area contributed by atoms with Crippen LogP contribution >= 0.6 is 23.4 Å². The van der Waals surface area contributed by atoms with Gasteiger partial charge in [0.25, 0.3) is 11.1 Å². The molecule has 2 aliphatic rings. The Hall–Kier alpha value is -2.82. The van der Waals surface area contributed by atoms with Gasteiger partial charge in [0.15, 0.2) is 0 Å². The van der Waals surface area contributed by atoms with Crippen LogP contribution in [0.5, 0.6) is 0 Å². The molecule has 0 radical (unpaired) electrons. The summed E-state index contributed by atoms with van der Waals surface area (Å²) in [4.78, 5) is 27.1. The summed E-state index contributed by atoms with van der Waals surface area (Å²) >= 11 is 6.71. The van der Waals surface area contributed by atoms with Gasteiger partial charge in [-0.2, -0.15) is 18.3 Å². The van der Waals surface area contributed by atoms with Crippen molar-refractivity contribution >= 4 is 51.5 Å². The molecule has 0 saturated carbocycles. The van der Waals surface area contributed by atoms with Crippen LogP contribution in [0.3, 0.4) is 0 Å². The van der Waals surface area contributed by atoms with Crippen molar-refractivity contribution in [2.75, 3.05) is 13.1 Å². The van der Waals surface area contributed by atoms with Crippen LogP contribution in [-0.2, 0) is 17.5 Å². The number of piperidine rings is 1. The quantitative estimate of drug-likeness (QED) is 0.457. The maximum atomic E-state index is 13.5. The number of amides is 2. The van der Waals surface area contributed by atoms with E-state index in [0.29, 0.717) is 21.4 Å². The number of halogens is 4. The van der Waals surface area contributed by atoms with Crippen molar-refractivity contribution in [2.45, 2.75) is 31.6 Å². The van der Waals surface area contributed by atoms with E-state index in [1.165, 1.54) is 21.7 Å². The molecule has 0 atom stereocenters. The summed E-state index contributed by atoms with van der Waals surface area (Å²) in [6, 6.07) is 8.89. The highest BCUT2D eigenvalue weighted by molar-refractivity contribution is 8.18. The third-order valence-electron chi connectivity index (χ3n) is 6.16. The number of aromatic nitrogens is 2. The Balaban J connectivity index is 1.40. The average Bonchev–Trinajstić information content (AvgIpc) is 3.34. The number of benzene rings is 2. The van der Waals surface area contributed by atoms with Gasteiger partial charge in [-0.25, -0.2) is 0 Å². The van der Waals surface area contributed by atoms with Gasteiger partial charge in [0.2, 0.25) is 0 Å². The fourth-order valence-corrected chi connectivity index (χ4v) is 5.52. The van der Waals surface area contributed by atoms with Gasteiger partial charge in [-0.1, -0.05) is 23.7 Å². The van der Waals surface area contributed by atoms with Gasteiger partial charge in [0, 0.05) is 16.5 Å². The number of thioether (sulfide) groups is 1. The van der Waals surface area contributed by atoms with Crippen molar-refractivity contribution in [3.05, 3.63) is 69.2 Å². The van der Waals surface area contributed by atoms with Crippen molar-refractivity contribution in [2.24, 2.45) is 0 Å². The number of imide groups is 1. The predicted molar refractivity (Wildman–Crippen MR) is 129 cm³/mol. The standard InChI is InChI=1S/C24H20ClF3N4O2S/c25-17-3-2-15(19(11-17)24(26,27)28)13-31-20-4-1-14(9-16(20)12-30-31)10-21-22(33)32(23(34)35-21)18-5-7-29-8-6-18/h1-4,9-12,18,29H,5-8,13H2. The number of carbonyl (C=O) groups is 2. The van der Waals surface area contributed by atoms with Crippen LogP contribution in [0.15, 0.2) is 47.5 Å². The van der Waals surface area contributed by atoms with E-state index in [4.69, 9.17) is 11.6 Å². The van der Waals surface area contributed by atoms with Crippen LogP contribution in [0.1, 0.15) is 29.5 Å². The molecule has 11 heteroatoms. The van der Waals surface area contributed by atoms with Gasteiger partial charge in [-0.15, -0.1) is 0 Å². The second-order valence-electron chi connectivity index (χ2n) is 8.45. The zero-order valence-corrected chi connectivity index (χ0v) is 19.9. The van der Waals surface area contributed by atoms with Crippen LogP contribution in [0, 0.1) is 0 Å². The maximum absolute atomic E-state index is 13.5. The minimum Gasteiger partial charge on any atom is -0.317 e. The molecule has 0 unspecified atom stereocenters. The van der Waals surface area contributed by atoms with Gasteiger partial charge in [0.1, 0.15) is 0 Å². The highest BCUT2D eigenvalue weighted by atomic mass is 35.5. The van der Waals surface area contributed by atoms with E-state index in [2.05, 4.69) is 10.4 Å². The Morgan fingerprint density at radius 2 is 1.91 bits per heavy atom. The average molecular weight is 521 g/mol. The Morgan fingerprint density at radius 3 is 2.66 bits per heavy atom. The third-order valence-corrected chi connectivity index (χ3v) is 7.28. The molecule has 35 heavy (non-hydrogen) atoms. The SMILES string of the molecule is O=C1SC(=Cc2ccc3c(cnn3Cc3ccc(Cl)cc3C(F)(F)F)c2)C(=O)N1C1CCNCC1. The number of alkyl halides is 3. The first kappa shape index (κ1) is 23.9. The van der Waals surface area contributed by atoms with E-state index in [-0.39, 0.29) is 34.3 Å². The molecule has 2 aromatic carbocycles. The molecule has 0 aliphatic carbocycles. The summed E-state index contributed by atoms with van der Waals surface area (Å²) in [5.41, 5.74) is 0.612. The predicted octanol–water partition coefficient (Wildman–Crippen LogP) is 5.55. The number of nitrogens with zero attached hydrogens (tertiary/aromatic N) is 3. The monoisotopic (exact) mass is 520 g/mol. The first-order valence-electron chi connectivity index (χ1n) is 11.0. The van der Waals surface area contributed by atoms with Crippen LogP contribution in [0.25, 0.3) is 17.0 Å². The second kappa shape index (κ2) is 9.33. The largest absolute Gasteiger partial charge is 0.416 e. The minimum atomic E-state index is -4.53. The van der Waals surface area contributed by atoms with Gasteiger partial charge in [-0.05, 0) is 79.2 Å². The zero-order chi connectivity index (χ0) is 24.7. The molecular weight excluding hydrogens is 501 g/mol. The zero-order valence-electron chi connectivity index (χ0n) is 18.3. The fraction of sp³-hybridized carbons (Fsp3) is 0.292. The summed E-state index contributed by atoms with van der Waals surface area (Å²) in [5.74, 6) is -0.287. The first-order valence-corrected chi connectivity index (χ1v) is 12.2. The lowest BCUT2D eigenvalue weighted by Crippen LogP contribution is -2.45. The Labute approximate surface area is 208 Å². The molecule has 2 fully saturated rings. The molecule has 2 amide bonds. The van der Waals surface area contributed by atoms with Gasteiger partial charge < -0.3 is 5.32 Å². The molecule has 5 rings (SSSR count). The Kier molecular flexibility index (Phi) is 6.37. The lowest BCUT2D eigenvalue weighted by atomic mass is 10.1. The van der Waals surface area contributed by atoms with Crippen LogP contribution in [-0.4, -0.2) is 45.0 Å². The first-order chi connectivity index (χ1) is 16.7. The summed E-state index contributed by atoms with van der Waals surface area (Å²) < 4.78 is 41.9. The van der Waals surface area contributed by atoms with Crippen LogP contribution < -0.4 is 5.32 Å². The van der Waals surface area contributed by atoms with Crippen molar-refractivity contribution in [3.63, 3.8) is 0 Å². The number of carbonyl (C=O) groups excluding carboxylic acids is 2. The van der Waals surface area contributed by atoms with Crippen molar-refractivity contribution < 1.29 is 22.8 Å². The molecule has 1 aromatic heterocycles. The molecule has 2 aliphatic heterocycles. The summed E-state index contributed by atoms with van der Waals surface area (Å²) in [7, 11) is 0. The minimum absolute atomic E-state index is 0.0145. The van der Waals surface area contributed by atoms with Crippen molar-refractivity contribution in [1.29, 1.82) is 0 Å². The van der Waals surface area contributed by atoms with Gasteiger partial charge in [0.05, 0.1) is 28.7 Å². The van der Waals surface area contributed by atoms with E-state index in [9.17, 15) is 22.8 Å². The van der Waals surface area contributed by atoms with E-state index >= 15 is 0 Å². The Morgan fingerprint density at radius 1 is 1.14 bits per heavy atom. The summed E-state index contributed by atoms with van der Waals surface area (Å²) in [5, 5.41) is 7.95. The number of nitrogens with one attached hydrogen (secondary N) is 1. The molecular formula is C24H20ClF3N4O2S. The summed E-state index contributed by atoms with van der Waals surface area (Å²) in [6.45, 7) is 1.46. The van der Waals surface area contributed by atoms with Crippen LogP contribution in [0.2, 0.25) is 5.02 Å². The van der Waals surface area contributed by atoms with E-state index in [1.54, 1.807) is 30.5 Å². The normalized spacial score (nSPS) is 18.9. The smallest absolute Gasteiger partial charge is 0.317 e. The highest BCUT2D eigenvalue weighted by Crippen LogP contribution is 2.36. The number of hydrogen-bond donors (Lipinski definition) is 1. The van der Waals surface area contributed by atoms with Crippen molar-refractivity contribution in [1.82, 2.24) is 20.0 Å². The second-order valence-corrected chi connectivity index (χ2v) is 9.88. The molecule has 3 heterocycles. The van der Waals surface area contributed by atoms with Gasteiger partial charge in [-0.3, -0.25) is 19.2 Å². The fourth-order valence-electron chi connectivity index (χ4n) is 4.44. The Bertz CT molecular complexity index is 1350. The third kappa shape index (κ3) is 4.82. The summed E-state index contributed by atoms with van der Waals surface area (Å²) in [6.07, 6.45) is 0.175. The number of hydrogen-bond acceptors (Lipinski definition) is 5. The number of rotatable bonds is 4. The molecule has 1 N–H and O–H groups in total. The molecule has 2 saturated heterocycles. The maximum Gasteiger partial charge on any atom is 0.416 e. The molecule has 3 aromatic rings. The number of fused-ring (bicyclic) bond motifs is 1. The van der Waals surface area contributed by atoms with Gasteiger partial charge >= 0.3 is 6.18 Å². The topological polar surface area (TPSA) is 67.2 Å².